The van der Waals surface area contributed by atoms with Gasteiger partial charge in [0.25, 0.3) is 0 Å². The lowest BCUT2D eigenvalue weighted by atomic mass is 9.83. The highest BCUT2D eigenvalue weighted by Crippen LogP contribution is 2.38. The first-order chi connectivity index (χ1) is 9.71. The normalized spacial score (nSPS) is 24.9. The minimum atomic E-state index is 0.180. The number of morpholine rings is 1. The van der Waals surface area contributed by atoms with Gasteiger partial charge in [-0.25, -0.2) is 0 Å². The lowest BCUT2D eigenvalue weighted by Gasteiger charge is -2.47. The fourth-order valence-electron chi connectivity index (χ4n) is 3.94. The van der Waals surface area contributed by atoms with Crippen LogP contribution >= 0.6 is 0 Å². The molecule has 0 radical (unpaired) electrons. The maximum atomic E-state index is 6.67. The van der Waals surface area contributed by atoms with Gasteiger partial charge in [0.2, 0.25) is 0 Å². The highest BCUT2D eigenvalue weighted by molar-refractivity contribution is 5.12. The molecule has 2 heterocycles. The number of aryl methyl sites for hydroxylation is 1. The molecule has 2 fully saturated rings. The van der Waals surface area contributed by atoms with Crippen molar-refractivity contribution in [2.24, 2.45) is 12.8 Å². The van der Waals surface area contributed by atoms with Crippen LogP contribution in [0.25, 0.3) is 0 Å². The molecule has 1 aliphatic carbocycles. The molecule has 3 rings (SSSR count). The number of ether oxygens (including phenoxy) is 1. The van der Waals surface area contributed by atoms with Crippen LogP contribution in [0.4, 0.5) is 0 Å². The number of nitrogens with two attached hydrogens (primary N) is 1. The van der Waals surface area contributed by atoms with Crippen LogP contribution in [0.5, 0.6) is 0 Å². The van der Waals surface area contributed by atoms with Gasteiger partial charge in [-0.15, -0.1) is 0 Å². The molecular formula is C15H26N4O. The Hall–Kier alpha value is -0.910. The van der Waals surface area contributed by atoms with Crippen LogP contribution in [-0.2, 0) is 18.2 Å². The van der Waals surface area contributed by atoms with E-state index in [1.54, 1.807) is 0 Å². The van der Waals surface area contributed by atoms with Gasteiger partial charge in [0.15, 0.2) is 0 Å². The van der Waals surface area contributed by atoms with E-state index in [2.05, 4.69) is 16.2 Å². The van der Waals surface area contributed by atoms with Crippen LogP contribution in [0.15, 0.2) is 12.4 Å². The molecule has 5 heteroatoms. The SMILES string of the molecule is Cn1cc(CC(N)C2(N3CCOCC3)CCCC2)cn1. The van der Waals surface area contributed by atoms with E-state index in [0.29, 0.717) is 0 Å². The molecule has 112 valence electrons. The summed E-state index contributed by atoms with van der Waals surface area (Å²) in [6, 6.07) is 0.187. The summed E-state index contributed by atoms with van der Waals surface area (Å²) in [5.74, 6) is 0. The maximum Gasteiger partial charge on any atom is 0.0594 e. The van der Waals surface area contributed by atoms with E-state index < -0.39 is 0 Å². The minimum absolute atomic E-state index is 0.180. The van der Waals surface area contributed by atoms with Crippen molar-refractivity contribution in [2.75, 3.05) is 26.3 Å². The molecular weight excluding hydrogens is 252 g/mol. The summed E-state index contributed by atoms with van der Waals surface area (Å²) in [5.41, 5.74) is 8.10. The van der Waals surface area contributed by atoms with Crippen molar-refractivity contribution in [1.82, 2.24) is 14.7 Å². The quantitative estimate of drug-likeness (QED) is 0.890. The number of rotatable bonds is 4. The van der Waals surface area contributed by atoms with Gasteiger partial charge in [0.1, 0.15) is 0 Å². The summed E-state index contributed by atoms with van der Waals surface area (Å²) in [4.78, 5) is 2.60. The highest BCUT2D eigenvalue weighted by Gasteiger charge is 2.44. The van der Waals surface area contributed by atoms with Crippen LogP contribution in [0.2, 0.25) is 0 Å². The fourth-order valence-corrected chi connectivity index (χ4v) is 3.94. The number of hydrogen-bond donors (Lipinski definition) is 1. The first-order valence-electron chi connectivity index (χ1n) is 7.77. The molecule has 1 aromatic heterocycles. The van der Waals surface area contributed by atoms with Crippen LogP contribution in [0.3, 0.4) is 0 Å². The number of hydrogen-bond acceptors (Lipinski definition) is 4. The molecule has 5 nitrogen and oxygen atoms in total. The molecule has 0 aromatic carbocycles. The van der Waals surface area contributed by atoms with E-state index in [-0.39, 0.29) is 11.6 Å². The second kappa shape index (κ2) is 5.84. The van der Waals surface area contributed by atoms with Crippen molar-refractivity contribution in [3.63, 3.8) is 0 Å². The molecule has 2 aliphatic rings. The molecule has 0 spiro atoms. The van der Waals surface area contributed by atoms with Gasteiger partial charge in [-0.2, -0.15) is 5.10 Å². The van der Waals surface area contributed by atoms with Gasteiger partial charge in [-0.1, -0.05) is 12.8 Å². The Morgan fingerprint density at radius 2 is 2.05 bits per heavy atom. The zero-order chi connectivity index (χ0) is 14.0. The predicted molar refractivity (Wildman–Crippen MR) is 78.5 cm³/mol. The van der Waals surface area contributed by atoms with E-state index in [1.165, 1.54) is 31.2 Å². The lowest BCUT2D eigenvalue weighted by Crippen LogP contribution is -2.61. The zero-order valence-corrected chi connectivity index (χ0v) is 12.4. The monoisotopic (exact) mass is 278 g/mol. The topological polar surface area (TPSA) is 56.3 Å². The van der Waals surface area contributed by atoms with Gasteiger partial charge in [0, 0.05) is 37.9 Å². The summed E-state index contributed by atoms with van der Waals surface area (Å²) in [7, 11) is 1.96. The Morgan fingerprint density at radius 1 is 1.35 bits per heavy atom. The molecule has 2 N–H and O–H groups in total. The van der Waals surface area contributed by atoms with E-state index >= 15 is 0 Å². The average Bonchev–Trinajstić information content (AvgIpc) is 3.10. The molecule has 20 heavy (non-hydrogen) atoms. The summed E-state index contributed by atoms with van der Waals surface area (Å²) >= 11 is 0. The highest BCUT2D eigenvalue weighted by atomic mass is 16.5. The van der Waals surface area contributed by atoms with Crippen molar-refractivity contribution in [2.45, 2.75) is 43.7 Å². The third-order valence-corrected chi connectivity index (χ3v) is 5.01. The summed E-state index contributed by atoms with van der Waals surface area (Å²) in [5, 5.41) is 4.26. The largest absolute Gasteiger partial charge is 0.379 e. The molecule has 1 atom stereocenters. The van der Waals surface area contributed by atoms with Crippen LogP contribution in [-0.4, -0.2) is 52.6 Å². The van der Waals surface area contributed by atoms with E-state index in [1.807, 2.05) is 17.9 Å². The molecule has 0 bridgehead atoms. The molecule has 1 aliphatic heterocycles. The second-order valence-corrected chi connectivity index (χ2v) is 6.24. The number of nitrogens with zero attached hydrogens (tertiary/aromatic N) is 3. The summed E-state index contributed by atoms with van der Waals surface area (Å²) in [6.45, 7) is 3.75. The van der Waals surface area contributed by atoms with Crippen molar-refractivity contribution >= 4 is 0 Å². The van der Waals surface area contributed by atoms with Gasteiger partial charge < -0.3 is 10.5 Å². The van der Waals surface area contributed by atoms with E-state index in [0.717, 1.165) is 32.7 Å². The Kier molecular flexibility index (Phi) is 4.10. The minimum Gasteiger partial charge on any atom is -0.379 e. The molecule has 1 saturated carbocycles. The standard InChI is InChI=1S/C15H26N4O/c1-18-12-13(11-17-18)10-14(16)15(4-2-3-5-15)19-6-8-20-9-7-19/h11-12,14H,2-10,16H2,1H3. The third-order valence-electron chi connectivity index (χ3n) is 5.01. The smallest absolute Gasteiger partial charge is 0.0594 e. The van der Waals surface area contributed by atoms with Gasteiger partial charge in [0.05, 0.1) is 19.4 Å². The van der Waals surface area contributed by atoms with E-state index in [4.69, 9.17) is 10.5 Å². The van der Waals surface area contributed by atoms with Crippen LogP contribution in [0, 0.1) is 0 Å². The van der Waals surface area contributed by atoms with Crippen LogP contribution in [0.1, 0.15) is 31.2 Å². The molecule has 1 saturated heterocycles. The zero-order valence-electron chi connectivity index (χ0n) is 12.4. The first-order valence-corrected chi connectivity index (χ1v) is 7.77. The Morgan fingerprint density at radius 3 is 2.65 bits per heavy atom. The average molecular weight is 278 g/mol. The number of aromatic nitrogens is 2. The van der Waals surface area contributed by atoms with Crippen LogP contribution < -0.4 is 5.73 Å². The summed E-state index contributed by atoms with van der Waals surface area (Å²) < 4.78 is 7.37. The van der Waals surface area contributed by atoms with Gasteiger partial charge >= 0.3 is 0 Å². The Balaban J connectivity index is 1.75. The fraction of sp³-hybridized carbons (Fsp3) is 0.800. The maximum absolute atomic E-state index is 6.67. The van der Waals surface area contributed by atoms with Crippen molar-refractivity contribution in [1.29, 1.82) is 0 Å². The lowest BCUT2D eigenvalue weighted by molar-refractivity contribution is -0.0305. The Bertz CT molecular complexity index is 433. The first kappa shape index (κ1) is 14.0. The van der Waals surface area contributed by atoms with Gasteiger partial charge in [-0.3, -0.25) is 9.58 Å². The van der Waals surface area contributed by atoms with Gasteiger partial charge in [-0.05, 0) is 24.8 Å². The Labute approximate surface area is 121 Å². The third kappa shape index (κ3) is 2.62. The van der Waals surface area contributed by atoms with Crippen molar-refractivity contribution in [3.05, 3.63) is 18.0 Å². The predicted octanol–water partition coefficient (Wildman–Crippen LogP) is 0.935. The van der Waals surface area contributed by atoms with E-state index in [9.17, 15) is 0 Å². The summed E-state index contributed by atoms with van der Waals surface area (Å²) in [6.07, 6.45) is 10.0. The van der Waals surface area contributed by atoms with Crippen molar-refractivity contribution < 1.29 is 4.74 Å². The second-order valence-electron chi connectivity index (χ2n) is 6.24. The molecule has 1 unspecified atom stereocenters. The van der Waals surface area contributed by atoms with Crippen molar-refractivity contribution in [3.8, 4) is 0 Å². The molecule has 1 aromatic rings. The molecule has 0 amide bonds.